The van der Waals surface area contributed by atoms with E-state index < -0.39 is 6.61 Å². The van der Waals surface area contributed by atoms with Crippen LogP contribution in [0.5, 0.6) is 5.75 Å². The van der Waals surface area contributed by atoms with Gasteiger partial charge in [0.25, 0.3) is 0 Å². The van der Waals surface area contributed by atoms with Crippen LogP contribution in [0.15, 0.2) is 24.3 Å². The van der Waals surface area contributed by atoms with Gasteiger partial charge in [-0.05, 0) is 50.0 Å². The zero-order valence-electron chi connectivity index (χ0n) is 11.5. The Balaban J connectivity index is 0.00000200. The van der Waals surface area contributed by atoms with E-state index in [9.17, 15) is 8.78 Å². The molecule has 2 N–H and O–H groups in total. The Morgan fingerprint density at radius 2 is 2.00 bits per heavy atom. The van der Waals surface area contributed by atoms with E-state index in [2.05, 4.69) is 16.6 Å². The normalized spacial score (nSPS) is 20.8. The Hall–Kier alpha value is -0.910. The van der Waals surface area contributed by atoms with Gasteiger partial charge >= 0.3 is 6.61 Å². The van der Waals surface area contributed by atoms with Gasteiger partial charge in [0.2, 0.25) is 0 Å². The Morgan fingerprint density at radius 1 is 1.35 bits per heavy atom. The number of likely N-dealkylation sites (tertiary alicyclic amines) is 1. The summed E-state index contributed by atoms with van der Waals surface area (Å²) in [6, 6.07) is 7.15. The lowest BCUT2D eigenvalue weighted by molar-refractivity contribution is -0.0498. The fourth-order valence-corrected chi connectivity index (χ4v) is 2.55. The molecule has 0 amide bonds. The predicted octanol–water partition coefficient (Wildman–Crippen LogP) is 3.05. The van der Waals surface area contributed by atoms with Crippen molar-refractivity contribution in [1.82, 2.24) is 4.90 Å². The Labute approximate surface area is 124 Å². The summed E-state index contributed by atoms with van der Waals surface area (Å²) in [5.74, 6) is 0.774. The third-order valence-electron chi connectivity index (χ3n) is 3.79. The first-order valence-electron chi connectivity index (χ1n) is 6.59. The number of hydrogen-bond acceptors (Lipinski definition) is 3. The van der Waals surface area contributed by atoms with E-state index in [1.54, 1.807) is 12.1 Å². The number of halogens is 3. The van der Waals surface area contributed by atoms with Gasteiger partial charge in [0.05, 0.1) is 0 Å². The third kappa shape index (κ3) is 4.30. The monoisotopic (exact) mass is 306 g/mol. The molecule has 20 heavy (non-hydrogen) atoms. The Morgan fingerprint density at radius 3 is 2.50 bits per heavy atom. The molecule has 1 aliphatic heterocycles. The smallest absolute Gasteiger partial charge is 0.387 e. The number of ether oxygens (including phenoxy) is 1. The van der Waals surface area contributed by atoms with Gasteiger partial charge in [0, 0.05) is 12.6 Å². The topological polar surface area (TPSA) is 38.5 Å². The lowest BCUT2D eigenvalue weighted by atomic mass is 10.1. The Bertz CT molecular complexity index is 403. The lowest BCUT2D eigenvalue weighted by Gasteiger charge is -2.24. The summed E-state index contributed by atoms with van der Waals surface area (Å²) in [5, 5.41) is 0. The fourth-order valence-electron chi connectivity index (χ4n) is 2.55. The summed E-state index contributed by atoms with van der Waals surface area (Å²) in [6.07, 6.45) is 1.13. The standard InChI is InChI=1S/C14H20F2N2O.ClH/c1-10(18-7-6-11(8-17)9-18)12-2-4-13(5-3-12)19-14(15)16;/h2-5,10-11,14H,6-9,17H2,1H3;1H. The number of benzene rings is 1. The number of hydrogen-bond donors (Lipinski definition) is 1. The van der Waals surface area contributed by atoms with Gasteiger partial charge in [0.1, 0.15) is 5.75 Å². The number of nitrogens with two attached hydrogens (primary N) is 1. The largest absolute Gasteiger partial charge is 0.435 e. The molecule has 2 unspecified atom stereocenters. The van der Waals surface area contributed by atoms with E-state index >= 15 is 0 Å². The van der Waals surface area contributed by atoms with Crippen LogP contribution in [0.3, 0.4) is 0 Å². The molecule has 0 saturated carbocycles. The SMILES string of the molecule is CC(c1ccc(OC(F)F)cc1)N1CCC(CN)C1.Cl. The highest BCUT2D eigenvalue weighted by molar-refractivity contribution is 5.85. The highest BCUT2D eigenvalue weighted by Gasteiger charge is 2.25. The van der Waals surface area contributed by atoms with Crippen molar-refractivity contribution < 1.29 is 13.5 Å². The van der Waals surface area contributed by atoms with Crippen LogP contribution < -0.4 is 10.5 Å². The minimum Gasteiger partial charge on any atom is -0.435 e. The van der Waals surface area contributed by atoms with Crippen molar-refractivity contribution >= 4 is 12.4 Å². The molecule has 114 valence electrons. The molecule has 0 aromatic heterocycles. The van der Waals surface area contributed by atoms with Crippen LogP contribution in [0, 0.1) is 5.92 Å². The van der Waals surface area contributed by atoms with Crippen molar-refractivity contribution in [2.75, 3.05) is 19.6 Å². The first-order valence-corrected chi connectivity index (χ1v) is 6.59. The first kappa shape index (κ1) is 17.1. The fraction of sp³-hybridized carbons (Fsp3) is 0.571. The van der Waals surface area contributed by atoms with Gasteiger partial charge in [-0.3, -0.25) is 4.90 Å². The molecular formula is C14H21ClF2N2O. The molecule has 1 aromatic rings. The highest BCUT2D eigenvalue weighted by Crippen LogP contribution is 2.28. The van der Waals surface area contributed by atoms with Crippen molar-refractivity contribution in [1.29, 1.82) is 0 Å². The molecule has 1 saturated heterocycles. The van der Waals surface area contributed by atoms with E-state index in [1.165, 1.54) is 0 Å². The maximum absolute atomic E-state index is 12.1. The van der Waals surface area contributed by atoms with Gasteiger partial charge in [-0.2, -0.15) is 8.78 Å². The number of alkyl halides is 2. The second kappa shape index (κ2) is 7.76. The van der Waals surface area contributed by atoms with Crippen molar-refractivity contribution in [3.05, 3.63) is 29.8 Å². The summed E-state index contributed by atoms with van der Waals surface area (Å²) in [6.45, 7) is 2.13. The van der Waals surface area contributed by atoms with Gasteiger partial charge in [0.15, 0.2) is 0 Å². The summed E-state index contributed by atoms with van der Waals surface area (Å²) in [7, 11) is 0. The summed E-state index contributed by atoms with van der Waals surface area (Å²) in [4.78, 5) is 2.38. The van der Waals surface area contributed by atoms with Crippen LogP contribution in [-0.2, 0) is 0 Å². The minimum absolute atomic E-state index is 0. The second-order valence-electron chi connectivity index (χ2n) is 5.01. The van der Waals surface area contributed by atoms with Crippen LogP contribution >= 0.6 is 12.4 Å². The van der Waals surface area contributed by atoms with E-state index in [4.69, 9.17) is 5.73 Å². The van der Waals surface area contributed by atoms with Crippen molar-refractivity contribution in [3.8, 4) is 5.75 Å². The zero-order chi connectivity index (χ0) is 13.8. The molecule has 1 aromatic carbocycles. The predicted molar refractivity (Wildman–Crippen MR) is 77.5 cm³/mol. The molecule has 1 fully saturated rings. The van der Waals surface area contributed by atoms with Crippen molar-refractivity contribution in [2.24, 2.45) is 11.7 Å². The molecule has 3 nitrogen and oxygen atoms in total. The van der Waals surface area contributed by atoms with Crippen LogP contribution in [-0.4, -0.2) is 31.1 Å². The molecule has 0 aliphatic carbocycles. The third-order valence-corrected chi connectivity index (χ3v) is 3.79. The first-order chi connectivity index (χ1) is 9.10. The van der Waals surface area contributed by atoms with Gasteiger partial charge < -0.3 is 10.5 Å². The molecule has 1 heterocycles. The van der Waals surface area contributed by atoms with Crippen LogP contribution in [0.2, 0.25) is 0 Å². The molecule has 0 radical (unpaired) electrons. The molecular weight excluding hydrogens is 286 g/mol. The molecule has 2 atom stereocenters. The molecule has 2 rings (SSSR count). The molecule has 1 aliphatic rings. The maximum atomic E-state index is 12.1. The van der Waals surface area contributed by atoms with Crippen LogP contribution in [0.4, 0.5) is 8.78 Å². The van der Waals surface area contributed by atoms with E-state index in [1.807, 2.05) is 12.1 Å². The Kier molecular flexibility index (Phi) is 6.65. The van der Waals surface area contributed by atoms with Crippen molar-refractivity contribution in [3.63, 3.8) is 0 Å². The van der Waals surface area contributed by atoms with Crippen molar-refractivity contribution in [2.45, 2.75) is 26.0 Å². The zero-order valence-corrected chi connectivity index (χ0v) is 12.3. The second-order valence-corrected chi connectivity index (χ2v) is 5.01. The summed E-state index contributed by atoms with van der Waals surface area (Å²) in [5.41, 5.74) is 6.80. The molecule has 0 spiro atoms. The van der Waals surface area contributed by atoms with Gasteiger partial charge in [-0.15, -0.1) is 12.4 Å². The van der Waals surface area contributed by atoms with E-state index in [-0.39, 0.29) is 24.2 Å². The van der Waals surface area contributed by atoms with Gasteiger partial charge in [-0.25, -0.2) is 0 Å². The number of rotatable bonds is 5. The maximum Gasteiger partial charge on any atom is 0.387 e. The quantitative estimate of drug-likeness (QED) is 0.908. The van der Waals surface area contributed by atoms with E-state index in [0.717, 1.165) is 31.6 Å². The molecule has 0 bridgehead atoms. The van der Waals surface area contributed by atoms with E-state index in [0.29, 0.717) is 5.92 Å². The highest BCUT2D eigenvalue weighted by atomic mass is 35.5. The van der Waals surface area contributed by atoms with Gasteiger partial charge in [-0.1, -0.05) is 12.1 Å². The minimum atomic E-state index is -2.77. The van der Waals surface area contributed by atoms with Crippen LogP contribution in [0.25, 0.3) is 0 Å². The number of nitrogens with zero attached hydrogens (tertiary/aromatic N) is 1. The summed E-state index contributed by atoms with van der Waals surface area (Å²) < 4.78 is 28.5. The van der Waals surface area contributed by atoms with Crippen LogP contribution in [0.1, 0.15) is 24.9 Å². The average Bonchev–Trinajstić information content (AvgIpc) is 2.87. The lowest BCUT2D eigenvalue weighted by Crippen LogP contribution is -2.26. The average molecular weight is 307 g/mol. The summed E-state index contributed by atoms with van der Waals surface area (Å²) >= 11 is 0. The molecule has 6 heteroatoms.